The highest BCUT2D eigenvalue weighted by Gasteiger charge is 2.06. The van der Waals surface area contributed by atoms with E-state index < -0.39 is 5.97 Å². The van der Waals surface area contributed by atoms with E-state index in [4.69, 9.17) is 5.11 Å². The molecule has 1 N–H and O–H groups in total. The maximum atomic E-state index is 10.7. The topological polar surface area (TPSA) is 50.2 Å². The number of carboxylic acids is 1. The molecular formula is C12H13NO2S. The third-order valence-corrected chi connectivity index (χ3v) is 2.28. The van der Waals surface area contributed by atoms with Crippen molar-refractivity contribution < 1.29 is 9.90 Å². The summed E-state index contributed by atoms with van der Waals surface area (Å²) in [4.78, 5) is 15.4. The summed E-state index contributed by atoms with van der Waals surface area (Å²) in [5.41, 5.74) is 0.662. The number of para-hydroxylation sites is 1. The van der Waals surface area contributed by atoms with Crippen molar-refractivity contribution in [2.75, 3.05) is 0 Å². The molecule has 3 nitrogen and oxygen atoms in total. The van der Waals surface area contributed by atoms with Gasteiger partial charge in [0.25, 0.3) is 0 Å². The lowest BCUT2D eigenvalue weighted by atomic mass is 10.2. The Hall–Kier alpha value is -1.55. The van der Waals surface area contributed by atoms with Crippen LogP contribution in [0.2, 0.25) is 0 Å². The van der Waals surface area contributed by atoms with E-state index in [1.54, 1.807) is 12.1 Å². The molecular weight excluding hydrogens is 222 g/mol. The predicted octanol–water partition coefficient (Wildman–Crippen LogP) is 3.25. The number of thiol groups is 1. The fourth-order valence-electron chi connectivity index (χ4n) is 1.25. The van der Waals surface area contributed by atoms with Gasteiger partial charge >= 0.3 is 5.97 Å². The normalized spacial score (nSPS) is 9.44. The molecule has 0 saturated heterocycles. The lowest BCUT2D eigenvalue weighted by Gasteiger charge is -2.00. The van der Waals surface area contributed by atoms with Crippen LogP contribution in [-0.4, -0.2) is 16.1 Å². The molecule has 0 spiro atoms. The third-order valence-electron chi connectivity index (χ3n) is 1.92. The molecule has 4 heteroatoms. The Labute approximate surface area is 99.5 Å². The lowest BCUT2D eigenvalue weighted by Crippen LogP contribution is -1.99. The SMILES string of the molecule is CC.O=C(O)c1ccc2cccc(S)c2n1. The minimum Gasteiger partial charge on any atom is -0.477 e. The second-order valence-electron chi connectivity index (χ2n) is 2.85. The van der Waals surface area contributed by atoms with E-state index in [9.17, 15) is 4.79 Å². The number of nitrogens with zero attached hydrogens (tertiary/aromatic N) is 1. The van der Waals surface area contributed by atoms with Crippen LogP contribution in [0.4, 0.5) is 0 Å². The highest BCUT2D eigenvalue weighted by atomic mass is 32.1. The highest BCUT2D eigenvalue weighted by Crippen LogP contribution is 2.19. The van der Waals surface area contributed by atoms with E-state index in [1.165, 1.54) is 6.07 Å². The van der Waals surface area contributed by atoms with E-state index >= 15 is 0 Å². The average molecular weight is 235 g/mol. The van der Waals surface area contributed by atoms with Crippen LogP contribution in [0.1, 0.15) is 24.3 Å². The molecule has 0 aliphatic heterocycles. The van der Waals surface area contributed by atoms with E-state index in [0.29, 0.717) is 10.4 Å². The molecule has 2 aromatic rings. The maximum absolute atomic E-state index is 10.7. The second kappa shape index (κ2) is 5.51. The number of benzene rings is 1. The summed E-state index contributed by atoms with van der Waals surface area (Å²) in [6.07, 6.45) is 0. The van der Waals surface area contributed by atoms with Crippen molar-refractivity contribution >= 4 is 29.5 Å². The quantitative estimate of drug-likeness (QED) is 0.746. The molecule has 0 fully saturated rings. The molecule has 1 aromatic carbocycles. The van der Waals surface area contributed by atoms with Gasteiger partial charge in [-0.15, -0.1) is 12.6 Å². The fraction of sp³-hybridized carbons (Fsp3) is 0.167. The average Bonchev–Trinajstić information content (AvgIpc) is 2.32. The van der Waals surface area contributed by atoms with Crippen molar-refractivity contribution in [1.29, 1.82) is 0 Å². The number of carbonyl (C=O) groups is 1. The predicted molar refractivity (Wildman–Crippen MR) is 67.3 cm³/mol. The molecule has 0 unspecified atom stereocenters. The Morgan fingerprint density at radius 3 is 2.56 bits per heavy atom. The first-order valence-electron chi connectivity index (χ1n) is 5.00. The number of fused-ring (bicyclic) bond motifs is 1. The van der Waals surface area contributed by atoms with E-state index in [1.807, 2.05) is 26.0 Å². The highest BCUT2D eigenvalue weighted by molar-refractivity contribution is 7.80. The van der Waals surface area contributed by atoms with Crippen molar-refractivity contribution in [2.45, 2.75) is 18.7 Å². The summed E-state index contributed by atoms with van der Waals surface area (Å²) >= 11 is 4.21. The van der Waals surface area contributed by atoms with Gasteiger partial charge in [-0.1, -0.05) is 32.0 Å². The van der Waals surface area contributed by atoms with Gasteiger partial charge in [-0.3, -0.25) is 0 Å². The summed E-state index contributed by atoms with van der Waals surface area (Å²) in [6.45, 7) is 4.00. The summed E-state index contributed by atoms with van der Waals surface area (Å²) in [5, 5.41) is 9.64. The van der Waals surface area contributed by atoms with Gasteiger partial charge < -0.3 is 5.11 Å². The number of hydrogen-bond donors (Lipinski definition) is 2. The number of aromatic nitrogens is 1. The van der Waals surface area contributed by atoms with Gasteiger partial charge in [-0.05, 0) is 12.1 Å². The smallest absolute Gasteiger partial charge is 0.354 e. The molecule has 1 aromatic heterocycles. The van der Waals surface area contributed by atoms with Crippen molar-refractivity contribution in [3.8, 4) is 0 Å². The minimum atomic E-state index is -1.02. The summed E-state index contributed by atoms with van der Waals surface area (Å²) in [5.74, 6) is -1.02. The van der Waals surface area contributed by atoms with E-state index in [2.05, 4.69) is 17.6 Å². The monoisotopic (exact) mass is 235 g/mol. The van der Waals surface area contributed by atoms with Crippen LogP contribution in [0, 0.1) is 0 Å². The minimum absolute atomic E-state index is 0.0407. The molecule has 0 aliphatic rings. The first-order valence-corrected chi connectivity index (χ1v) is 5.45. The first-order chi connectivity index (χ1) is 7.68. The van der Waals surface area contributed by atoms with Crippen molar-refractivity contribution in [1.82, 2.24) is 4.98 Å². The third kappa shape index (κ3) is 2.52. The molecule has 0 radical (unpaired) electrons. The van der Waals surface area contributed by atoms with Gasteiger partial charge in [-0.25, -0.2) is 9.78 Å². The molecule has 2 rings (SSSR count). The number of aromatic carboxylic acids is 1. The standard InChI is InChI=1S/C10H7NO2S.C2H6/c12-10(13)7-5-4-6-2-1-3-8(14)9(6)11-7;1-2/h1-5,14H,(H,12,13);1-2H3. The molecule has 0 bridgehead atoms. The molecule has 0 aliphatic carbocycles. The summed E-state index contributed by atoms with van der Waals surface area (Å²) in [6, 6.07) is 8.72. The Balaban J connectivity index is 0.000000606. The van der Waals surface area contributed by atoms with Crippen LogP contribution >= 0.6 is 12.6 Å². The Morgan fingerprint density at radius 2 is 1.94 bits per heavy atom. The fourth-order valence-corrected chi connectivity index (χ4v) is 1.52. The largest absolute Gasteiger partial charge is 0.477 e. The molecule has 0 saturated carbocycles. The van der Waals surface area contributed by atoms with Gasteiger partial charge in [0.2, 0.25) is 0 Å². The van der Waals surface area contributed by atoms with Gasteiger partial charge in [0.05, 0.1) is 5.52 Å². The zero-order chi connectivity index (χ0) is 12.1. The molecule has 1 heterocycles. The number of pyridine rings is 1. The molecule has 0 atom stereocenters. The lowest BCUT2D eigenvalue weighted by molar-refractivity contribution is 0.0691. The molecule has 16 heavy (non-hydrogen) atoms. The zero-order valence-corrected chi connectivity index (χ0v) is 10.0. The Kier molecular flexibility index (Phi) is 4.31. The number of carboxylic acid groups (broad SMARTS) is 1. The van der Waals surface area contributed by atoms with Crippen LogP contribution < -0.4 is 0 Å². The second-order valence-corrected chi connectivity index (χ2v) is 3.33. The van der Waals surface area contributed by atoms with E-state index in [0.717, 1.165) is 5.39 Å². The molecule has 84 valence electrons. The van der Waals surface area contributed by atoms with Gasteiger partial charge in [0.15, 0.2) is 0 Å². The Morgan fingerprint density at radius 1 is 1.25 bits per heavy atom. The van der Waals surface area contributed by atoms with Crippen LogP contribution in [-0.2, 0) is 0 Å². The van der Waals surface area contributed by atoms with Crippen molar-refractivity contribution in [3.63, 3.8) is 0 Å². The van der Waals surface area contributed by atoms with Gasteiger partial charge in [0, 0.05) is 10.3 Å². The van der Waals surface area contributed by atoms with Crippen LogP contribution in [0.5, 0.6) is 0 Å². The maximum Gasteiger partial charge on any atom is 0.354 e. The van der Waals surface area contributed by atoms with Gasteiger partial charge in [0.1, 0.15) is 5.69 Å². The van der Waals surface area contributed by atoms with Crippen LogP contribution in [0.25, 0.3) is 10.9 Å². The van der Waals surface area contributed by atoms with Gasteiger partial charge in [-0.2, -0.15) is 0 Å². The van der Waals surface area contributed by atoms with Crippen LogP contribution in [0.15, 0.2) is 35.2 Å². The Bertz CT molecular complexity index is 511. The summed E-state index contributed by atoms with van der Waals surface area (Å²) in [7, 11) is 0. The number of rotatable bonds is 1. The van der Waals surface area contributed by atoms with E-state index in [-0.39, 0.29) is 5.69 Å². The molecule has 0 amide bonds. The zero-order valence-electron chi connectivity index (χ0n) is 9.14. The van der Waals surface area contributed by atoms with Crippen molar-refractivity contribution in [2.24, 2.45) is 0 Å². The summed E-state index contributed by atoms with van der Waals surface area (Å²) < 4.78 is 0. The van der Waals surface area contributed by atoms with Crippen LogP contribution in [0.3, 0.4) is 0 Å². The first kappa shape index (κ1) is 12.5. The number of hydrogen-bond acceptors (Lipinski definition) is 3. The van der Waals surface area contributed by atoms with Crippen molar-refractivity contribution in [3.05, 3.63) is 36.0 Å².